The van der Waals surface area contributed by atoms with Gasteiger partial charge in [0.05, 0.1) is 6.61 Å². The van der Waals surface area contributed by atoms with Gasteiger partial charge in [-0.25, -0.2) is 0 Å². The van der Waals surface area contributed by atoms with E-state index in [0.29, 0.717) is 13.2 Å². The van der Waals surface area contributed by atoms with Gasteiger partial charge in [0, 0.05) is 37.0 Å². The van der Waals surface area contributed by atoms with E-state index in [1.807, 2.05) is 50.4 Å². The van der Waals surface area contributed by atoms with Crippen molar-refractivity contribution in [3.05, 3.63) is 59.2 Å². The second-order valence-electron chi connectivity index (χ2n) is 6.06. The van der Waals surface area contributed by atoms with Gasteiger partial charge in [-0.15, -0.1) is 0 Å². The van der Waals surface area contributed by atoms with Crippen molar-refractivity contribution in [1.82, 2.24) is 4.90 Å². The Balaban J connectivity index is 1.81. The number of ether oxygens (including phenoxy) is 1. The molecule has 0 atom stereocenters. The van der Waals surface area contributed by atoms with Crippen molar-refractivity contribution in [2.75, 3.05) is 25.5 Å². The van der Waals surface area contributed by atoms with Crippen molar-refractivity contribution in [3.8, 4) is 5.75 Å². The lowest BCUT2D eigenvalue weighted by Crippen LogP contribution is -2.28. The number of nitrogens with one attached hydrogen (secondary N) is 1. The molecule has 2 aromatic rings. The van der Waals surface area contributed by atoms with Gasteiger partial charge in [0.1, 0.15) is 5.75 Å². The molecule has 1 aliphatic rings. The van der Waals surface area contributed by atoms with Crippen LogP contribution >= 0.6 is 0 Å². The number of rotatable bonds is 5. The molecule has 0 spiro atoms. The minimum Gasteiger partial charge on any atom is -0.494 e. The maximum absolute atomic E-state index is 12.9. The summed E-state index contributed by atoms with van der Waals surface area (Å²) in [7, 11) is 1.85. The third-order valence-electron chi connectivity index (χ3n) is 4.35. The zero-order valence-corrected chi connectivity index (χ0v) is 14.3. The number of nitrogens with zero attached hydrogens (tertiary/aromatic N) is 1. The number of para-hydroxylation sites is 1. The zero-order valence-electron chi connectivity index (χ0n) is 14.3. The lowest BCUT2D eigenvalue weighted by atomic mass is 9.97. The van der Waals surface area contributed by atoms with E-state index >= 15 is 0 Å². The fourth-order valence-electron chi connectivity index (χ4n) is 3.17. The number of fused-ring (bicyclic) bond motifs is 1. The van der Waals surface area contributed by atoms with E-state index in [-0.39, 0.29) is 5.91 Å². The molecule has 0 saturated heterocycles. The highest BCUT2D eigenvalue weighted by atomic mass is 16.5. The van der Waals surface area contributed by atoms with E-state index in [2.05, 4.69) is 11.4 Å². The van der Waals surface area contributed by atoms with Gasteiger partial charge in [-0.2, -0.15) is 0 Å². The fraction of sp³-hybridized carbons (Fsp3) is 0.350. The molecule has 24 heavy (non-hydrogen) atoms. The van der Waals surface area contributed by atoms with E-state index in [1.54, 1.807) is 4.90 Å². The van der Waals surface area contributed by atoms with Crippen molar-refractivity contribution in [2.45, 2.75) is 26.3 Å². The van der Waals surface area contributed by atoms with Gasteiger partial charge in [0.2, 0.25) is 0 Å². The number of hydrogen-bond acceptors (Lipinski definition) is 3. The van der Waals surface area contributed by atoms with Crippen LogP contribution in [-0.4, -0.2) is 31.0 Å². The highest BCUT2D eigenvalue weighted by Gasteiger charge is 2.20. The minimum atomic E-state index is 0.0573. The Morgan fingerprint density at radius 3 is 2.88 bits per heavy atom. The normalized spacial score (nSPS) is 12.9. The first-order valence-electron chi connectivity index (χ1n) is 8.52. The summed E-state index contributed by atoms with van der Waals surface area (Å²) in [4.78, 5) is 14.7. The average molecular weight is 324 g/mol. The van der Waals surface area contributed by atoms with Crippen LogP contribution in [0.4, 0.5) is 5.69 Å². The van der Waals surface area contributed by atoms with E-state index in [9.17, 15) is 4.79 Å². The smallest absolute Gasteiger partial charge is 0.254 e. The van der Waals surface area contributed by atoms with Crippen molar-refractivity contribution in [3.63, 3.8) is 0 Å². The molecule has 1 amide bonds. The van der Waals surface area contributed by atoms with Gasteiger partial charge in [0.15, 0.2) is 0 Å². The number of hydrogen-bond donors (Lipinski definition) is 1. The maximum atomic E-state index is 12.9. The summed E-state index contributed by atoms with van der Waals surface area (Å²) in [6, 6.07) is 13.8. The summed E-state index contributed by atoms with van der Waals surface area (Å²) in [5.74, 6) is 0.901. The standard InChI is InChI=1S/C20H24N2O2/c1-3-24-19-12-5-4-8-15(19)14-22(2)20(23)17-9-6-11-18-16(17)10-7-13-21-18/h4-6,8-9,11-12,21H,3,7,10,13-14H2,1-2H3. The Labute approximate surface area is 143 Å². The molecule has 0 radical (unpaired) electrons. The number of amides is 1. The van der Waals surface area contributed by atoms with Crippen molar-refractivity contribution < 1.29 is 9.53 Å². The molecule has 2 aromatic carbocycles. The monoisotopic (exact) mass is 324 g/mol. The second-order valence-corrected chi connectivity index (χ2v) is 6.06. The first-order valence-corrected chi connectivity index (χ1v) is 8.52. The molecule has 1 aliphatic heterocycles. The first-order chi connectivity index (χ1) is 11.7. The van der Waals surface area contributed by atoms with Crippen molar-refractivity contribution >= 4 is 11.6 Å². The molecule has 4 heteroatoms. The average Bonchev–Trinajstić information content (AvgIpc) is 2.62. The molecule has 0 unspecified atom stereocenters. The highest BCUT2D eigenvalue weighted by molar-refractivity contribution is 5.97. The number of anilines is 1. The summed E-state index contributed by atoms with van der Waals surface area (Å²) in [5, 5.41) is 3.38. The molecule has 3 rings (SSSR count). The van der Waals surface area contributed by atoms with Crippen molar-refractivity contribution in [2.24, 2.45) is 0 Å². The van der Waals surface area contributed by atoms with Gasteiger partial charge < -0.3 is 15.0 Å². The highest BCUT2D eigenvalue weighted by Crippen LogP contribution is 2.27. The molecule has 0 aromatic heterocycles. The molecular weight excluding hydrogens is 300 g/mol. The predicted octanol–water partition coefficient (Wildman–Crippen LogP) is 3.72. The minimum absolute atomic E-state index is 0.0573. The molecule has 0 bridgehead atoms. The lowest BCUT2D eigenvalue weighted by molar-refractivity contribution is 0.0783. The summed E-state index contributed by atoms with van der Waals surface area (Å²) in [6.45, 7) is 4.09. The summed E-state index contributed by atoms with van der Waals surface area (Å²) >= 11 is 0. The first kappa shape index (κ1) is 16.4. The van der Waals surface area contributed by atoms with Crippen LogP contribution in [0.15, 0.2) is 42.5 Å². The van der Waals surface area contributed by atoms with E-state index in [0.717, 1.165) is 47.5 Å². The zero-order chi connectivity index (χ0) is 16.9. The summed E-state index contributed by atoms with van der Waals surface area (Å²) in [6.07, 6.45) is 2.02. The fourth-order valence-corrected chi connectivity index (χ4v) is 3.17. The molecule has 0 saturated carbocycles. The van der Waals surface area contributed by atoms with E-state index in [1.165, 1.54) is 0 Å². The Morgan fingerprint density at radius 1 is 1.21 bits per heavy atom. The molecular formula is C20H24N2O2. The van der Waals surface area contributed by atoms with Crippen LogP contribution in [0.5, 0.6) is 5.75 Å². The van der Waals surface area contributed by atoms with Gasteiger partial charge >= 0.3 is 0 Å². The Morgan fingerprint density at radius 2 is 2.04 bits per heavy atom. The molecule has 126 valence electrons. The molecule has 0 aliphatic carbocycles. The van der Waals surface area contributed by atoms with Crippen molar-refractivity contribution in [1.29, 1.82) is 0 Å². The Bertz CT molecular complexity index is 727. The largest absolute Gasteiger partial charge is 0.494 e. The summed E-state index contributed by atoms with van der Waals surface area (Å²) < 4.78 is 5.67. The van der Waals surface area contributed by atoms with Crippen LogP contribution in [0.1, 0.15) is 34.8 Å². The van der Waals surface area contributed by atoms with Crippen LogP contribution in [-0.2, 0) is 13.0 Å². The Hall–Kier alpha value is -2.49. The van der Waals surface area contributed by atoms with Gasteiger partial charge in [-0.05, 0) is 43.5 Å². The number of carbonyl (C=O) groups excluding carboxylic acids is 1. The van der Waals surface area contributed by atoms with E-state index < -0.39 is 0 Å². The third-order valence-corrected chi connectivity index (χ3v) is 4.35. The van der Waals surface area contributed by atoms with Crippen LogP contribution < -0.4 is 10.1 Å². The van der Waals surface area contributed by atoms with Gasteiger partial charge in [-0.3, -0.25) is 4.79 Å². The SMILES string of the molecule is CCOc1ccccc1CN(C)C(=O)c1cccc2c1CCCN2. The molecule has 4 nitrogen and oxygen atoms in total. The third kappa shape index (κ3) is 3.37. The molecule has 1 N–H and O–H groups in total. The second kappa shape index (κ2) is 7.39. The quantitative estimate of drug-likeness (QED) is 0.911. The van der Waals surface area contributed by atoms with Gasteiger partial charge in [-0.1, -0.05) is 24.3 Å². The summed E-state index contributed by atoms with van der Waals surface area (Å²) in [5.41, 5.74) is 4.06. The van der Waals surface area contributed by atoms with Crippen LogP contribution in [0.2, 0.25) is 0 Å². The van der Waals surface area contributed by atoms with Crippen LogP contribution in [0, 0.1) is 0 Å². The number of carbonyl (C=O) groups is 1. The maximum Gasteiger partial charge on any atom is 0.254 e. The van der Waals surface area contributed by atoms with Crippen LogP contribution in [0.3, 0.4) is 0 Å². The lowest BCUT2D eigenvalue weighted by Gasteiger charge is -2.24. The van der Waals surface area contributed by atoms with Crippen LogP contribution in [0.25, 0.3) is 0 Å². The molecule has 0 fully saturated rings. The topological polar surface area (TPSA) is 41.6 Å². The molecule has 1 heterocycles. The van der Waals surface area contributed by atoms with Gasteiger partial charge in [0.25, 0.3) is 5.91 Å². The Kier molecular flexibility index (Phi) is 5.04. The van der Waals surface area contributed by atoms with E-state index in [4.69, 9.17) is 4.74 Å². The predicted molar refractivity (Wildman–Crippen MR) is 96.7 cm³/mol. The number of benzene rings is 2.